The second-order valence-electron chi connectivity index (χ2n) is 3.29. The summed E-state index contributed by atoms with van der Waals surface area (Å²) in [5.74, 6) is -1.60. The molecule has 0 fully saturated rings. The molecule has 0 bridgehead atoms. The normalized spacial score (nSPS) is 11.2. The Morgan fingerprint density at radius 2 is 1.88 bits per heavy atom. The predicted octanol–water partition coefficient (Wildman–Crippen LogP) is -0.934. The predicted molar refractivity (Wildman–Crippen MR) is 48.7 cm³/mol. The molecule has 84 valence electrons. The van der Waals surface area contributed by atoms with Crippen LogP contribution in [0.1, 0.15) is 13.8 Å². The first-order valence-corrected chi connectivity index (χ1v) is 4.32. The molecule has 0 radical (unpaired) electrons. The van der Waals surface area contributed by atoms with Gasteiger partial charge in [0.1, 0.15) is 5.82 Å². The average Bonchev–Trinajstić information content (AvgIpc) is 2.05. The fraction of sp³-hybridized carbons (Fsp3) is 0.375. The van der Waals surface area contributed by atoms with Crippen LogP contribution in [-0.2, 0) is 0 Å². The van der Waals surface area contributed by atoms with E-state index >= 15 is 0 Å². The topological polar surface area (TPSA) is 22.1 Å². The third-order valence-corrected chi connectivity index (χ3v) is 1.57. The van der Waals surface area contributed by atoms with Crippen LogP contribution >= 0.6 is 0 Å². The first-order valence-electron chi connectivity index (χ1n) is 4.32. The van der Waals surface area contributed by atoms with E-state index in [2.05, 4.69) is 4.98 Å². The molecular formula is C8H9BF4KNO. The summed E-state index contributed by atoms with van der Waals surface area (Å²) >= 11 is 0. The summed E-state index contributed by atoms with van der Waals surface area (Å²) < 4.78 is 54.6. The summed E-state index contributed by atoms with van der Waals surface area (Å²) in [5, 5.41) is 0. The van der Waals surface area contributed by atoms with E-state index in [1.807, 2.05) is 0 Å². The summed E-state index contributed by atoms with van der Waals surface area (Å²) in [4.78, 5) is 3.41. The minimum absolute atomic E-state index is 0. The van der Waals surface area contributed by atoms with Crippen LogP contribution in [-0.4, -0.2) is 18.1 Å². The van der Waals surface area contributed by atoms with Crippen LogP contribution in [0.25, 0.3) is 0 Å². The zero-order chi connectivity index (χ0) is 11.6. The molecule has 0 aliphatic carbocycles. The number of aromatic nitrogens is 1. The number of hydrogen-bond donors (Lipinski definition) is 0. The number of hydrogen-bond acceptors (Lipinski definition) is 2. The largest absolute Gasteiger partial charge is 1.00 e. The van der Waals surface area contributed by atoms with Gasteiger partial charge in [0.2, 0.25) is 5.88 Å². The van der Waals surface area contributed by atoms with E-state index in [-0.39, 0.29) is 63.4 Å². The van der Waals surface area contributed by atoms with E-state index in [1.54, 1.807) is 13.8 Å². The molecule has 0 saturated carbocycles. The zero-order valence-corrected chi connectivity index (χ0v) is 12.3. The Morgan fingerprint density at radius 3 is 2.31 bits per heavy atom. The van der Waals surface area contributed by atoms with Crippen LogP contribution in [0.4, 0.5) is 17.3 Å². The molecule has 0 amide bonds. The zero-order valence-electron chi connectivity index (χ0n) is 9.18. The van der Waals surface area contributed by atoms with Gasteiger partial charge in [0.25, 0.3) is 0 Å². The number of nitrogens with zero attached hydrogens (tertiary/aromatic N) is 1. The van der Waals surface area contributed by atoms with Gasteiger partial charge in [-0.05, 0) is 19.9 Å². The molecule has 0 N–H and O–H groups in total. The molecule has 2 nitrogen and oxygen atoms in total. The Balaban J connectivity index is 0.00000225. The van der Waals surface area contributed by atoms with Crippen molar-refractivity contribution in [2.45, 2.75) is 20.0 Å². The Bertz CT molecular complexity index is 358. The first kappa shape index (κ1) is 16.4. The summed E-state index contributed by atoms with van der Waals surface area (Å²) in [6, 6.07) is 0.579. The number of pyridine rings is 1. The van der Waals surface area contributed by atoms with Crippen molar-refractivity contribution in [2.24, 2.45) is 0 Å². The molecule has 0 saturated heterocycles. The third-order valence-electron chi connectivity index (χ3n) is 1.57. The Kier molecular flexibility index (Phi) is 6.49. The molecule has 0 aromatic carbocycles. The molecule has 0 unspecified atom stereocenters. The molecule has 1 heterocycles. The molecule has 8 heteroatoms. The van der Waals surface area contributed by atoms with Crippen molar-refractivity contribution in [1.82, 2.24) is 4.98 Å². The van der Waals surface area contributed by atoms with Crippen LogP contribution in [0.2, 0.25) is 0 Å². The second-order valence-corrected chi connectivity index (χ2v) is 3.29. The van der Waals surface area contributed by atoms with E-state index < -0.39 is 18.3 Å². The summed E-state index contributed by atoms with van der Waals surface area (Å²) in [7, 11) is 0. The molecule has 1 aromatic heterocycles. The van der Waals surface area contributed by atoms with Gasteiger partial charge in [0.15, 0.2) is 0 Å². The van der Waals surface area contributed by atoms with Gasteiger partial charge in [-0.25, -0.2) is 9.37 Å². The maximum absolute atomic E-state index is 12.8. The Morgan fingerprint density at radius 1 is 1.31 bits per heavy atom. The molecule has 1 aromatic rings. The maximum atomic E-state index is 12.8. The standard InChI is InChI=1S/C8H9BF4NO.K/c1-5(2)15-8-3-6(9(11,12)13)7(10)4-14-8;/h3-5H,1-2H3;/q-1;+1. The summed E-state index contributed by atoms with van der Waals surface area (Å²) in [6.45, 7) is -2.09. The van der Waals surface area contributed by atoms with Crippen molar-refractivity contribution < 1.29 is 73.5 Å². The van der Waals surface area contributed by atoms with Crippen molar-refractivity contribution in [3.63, 3.8) is 0 Å². The van der Waals surface area contributed by atoms with Crippen LogP contribution in [0.5, 0.6) is 5.88 Å². The van der Waals surface area contributed by atoms with E-state index in [9.17, 15) is 17.3 Å². The average molecular weight is 261 g/mol. The smallest absolute Gasteiger partial charge is 0.475 e. The second kappa shape index (κ2) is 6.34. The van der Waals surface area contributed by atoms with Crippen LogP contribution < -0.4 is 61.6 Å². The third kappa shape index (κ3) is 4.70. The first-order chi connectivity index (χ1) is 6.80. The minimum Gasteiger partial charge on any atom is -0.475 e. The molecule has 0 spiro atoms. The molecule has 0 atom stereocenters. The van der Waals surface area contributed by atoms with Crippen molar-refractivity contribution in [2.75, 3.05) is 0 Å². The van der Waals surface area contributed by atoms with Crippen LogP contribution in [0.3, 0.4) is 0 Å². The molecule has 1 rings (SSSR count). The summed E-state index contributed by atoms with van der Waals surface area (Å²) in [6.07, 6.45) is 0.207. The Labute approximate surface area is 133 Å². The monoisotopic (exact) mass is 261 g/mol. The van der Waals surface area contributed by atoms with E-state index in [0.29, 0.717) is 12.3 Å². The fourth-order valence-corrected chi connectivity index (χ4v) is 0.991. The van der Waals surface area contributed by atoms with Gasteiger partial charge in [-0.1, -0.05) is 5.46 Å². The van der Waals surface area contributed by atoms with Gasteiger partial charge < -0.3 is 17.7 Å². The fourth-order valence-electron chi connectivity index (χ4n) is 0.991. The molecule has 0 aliphatic heterocycles. The molecule has 16 heavy (non-hydrogen) atoms. The van der Waals surface area contributed by atoms with E-state index in [4.69, 9.17) is 4.74 Å². The van der Waals surface area contributed by atoms with Crippen molar-refractivity contribution in [1.29, 1.82) is 0 Å². The molecule has 0 aliphatic rings. The van der Waals surface area contributed by atoms with Gasteiger partial charge in [-0.2, -0.15) is 0 Å². The summed E-state index contributed by atoms with van der Waals surface area (Å²) in [5.41, 5.74) is -1.30. The van der Waals surface area contributed by atoms with Gasteiger partial charge in [-0.15, -0.1) is 0 Å². The number of halogens is 4. The van der Waals surface area contributed by atoms with Gasteiger partial charge in [-0.3, -0.25) is 0 Å². The van der Waals surface area contributed by atoms with Gasteiger partial charge in [0, 0.05) is 0 Å². The molecular weight excluding hydrogens is 252 g/mol. The van der Waals surface area contributed by atoms with Crippen LogP contribution in [0.15, 0.2) is 12.3 Å². The van der Waals surface area contributed by atoms with Gasteiger partial charge >= 0.3 is 58.4 Å². The SMILES string of the molecule is CC(C)Oc1cc([B-](F)(F)F)c(F)cn1.[K+]. The Hall–Kier alpha value is 0.371. The van der Waals surface area contributed by atoms with Crippen molar-refractivity contribution in [3.05, 3.63) is 18.1 Å². The van der Waals surface area contributed by atoms with E-state index in [1.165, 1.54) is 0 Å². The maximum Gasteiger partial charge on any atom is 1.00 e. The quantitative estimate of drug-likeness (QED) is 0.518. The van der Waals surface area contributed by atoms with Crippen LogP contribution in [0, 0.1) is 5.82 Å². The van der Waals surface area contributed by atoms with Crippen molar-refractivity contribution >= 4 is 12.4 Å². The minimum atomic E-state index is -5.37. The number of rotatable bonds is 3. The number of ether oxygens (including phenoxy) is 1. The van der Waals surface area contributed by atoms with Crippen molar-refractivity contribution in [3.8, 4) is 5.88 Å². The van der Waals surface area contributed by atoms with E-state index in [0.717, 1.165) is 0 Å². The van der Waals surface area contributed by atoms with Gasteiger partial charge in [0.05, 0.1) is 12.3 Å².